The molecular weight excluding hydrogens is 376 g/mol. The second kappa shape index (κ2) is 7.30. The van der Waals surface area contributed by atoms with E-state index in [4.69, 9.17) is 33.3 Å². The summed E-state index contributed by atoms with van der Waals surface area (Å²) < 4.78 is 14.0. The van der Waals surface area contributed by atoms with Crippen molar-refractivity contribution in [2.75, 3.05) is 14.2 Å². The highest BCUT2D eigenvalue weighted by Crippen LogP contribution is 2.35. The minimum atomic E-state index is 0.343. The van der Waals surface area contributed by atoms with Crippen LogP contribution in [0.1, 0.15) is 17.0 Å². The number of hydrogen-bond donors (Lipinski definition) is 1. The summed E-state index contributed by atoms with van der Waals surface area (Å²) in [7, 11) is 3.07. The van der Waals surface area contributed by atoms with E-state index in [2.05, 4.69) is 20.4 Å². The molecule has 1 N–H and O–H groups in total. The summed E-state index contributed by atoms with van der Waals surface area (Å²) >= 11 is 11.5. The van der Waals surface area contributed by atoms with Gasteiger partial charge in [-0.25, -0.2) is 9.78 Å². The maximum Gasteiger partial charge on any atom is 0.271 e. The highest BCUT2D eigenvalue weighted by molar-refractivity contribution is 7.71. The van der Waals surface area contributed by atoms with Crippen molar-refractivity contribution in [3.63, 3.8) is 0 Å². The Morgan fingerprint density at radius 3 is 2.62 bits per heavy atom. The lowest BCUT2D eigenvalue weighted by molar-refractivity contribution is 0.355. The lowest BCUT2D eigenvalue weighted by Crippen LogP contribution is -2.07. The van der Waals surface area contributed by atoms with Crippen molar-refractivity contribution < 1.29 is 9.47 Å². The predicted octanol–water partition coefficient (Wildman–Crippen LogP) is 3.30. The fourth-order valence-electron chi connectivity index (χ4n) is 2.49. The minimum absolute atomic E-state index is 0.343. The second-order valence-electron chi connectivity index (χ2n) is 5.46. The molecule has 0 bridgehead atoms. The van der Waals surface area contributed by atoms with E-state index in [0.29, 0.717) is 27.2 Å². The van der Waals surface area contributed by atoms with Crippen LogP contribution in [0.25, 0.3) is 5.95 Å². The molecule has 2 aromatic heterocycles. The van der Waals surface area contributed by atoms with Crippen molar-refractivity contribution in [1.82, 2.24) is 24.7 Å². The van der Waals surface area contributed by atoms with Crippen LogP contribution >= 0.6 is 23.8 Å². The van der Waals surface area contributed by atoms with Gasteiger partial charge in [-0.15, -0.1) is 5.10 Å². The van der Waals surface area contributed by atoms with E-state index in [1.54, 1.807) is 30.1 Å². The molecule has 3 rings (SSSR count). The van der Waals surface area contributed by atoms with E-state index >= 15 is 0 Å². The summed E-state index contributed by atoms with van der Waals surface area (Å²) in [5, 5.41) is 16.2. The number of hydrogen-bond acceptors (Lipinski definition) is 6. The standard InChI is InChI=1S/C16H17ClN6O2S/c1-9-5-10(2)22(21-9)15-19-20-16(26)23(15)18-8-11-6-12(17)14(25-4)13(7-11)24-3/h5-8H,1-4H3,(H,20,26)/b18-8-. The Kier molecular flexibility index (Phi) is 5.10. The summed E-state index contributed by atoms with van der Waals surface area (Å²) in [4.78, 5) is 0. The summed E-state index contributed by atoms with van der Waals surface area (Å²) in [6, 6.07) is 5.43. The number of methoxy groups -OCH3 is 2. The minimum Gasteiger partial charge on any atom is -0.493 e. The van der Waals surface area contributed by atoms with Crippen LogP contribution in [0, 0.1) is 18.6 Å². The number of nitrogens with zero attached hydrogens (tertiary/aromatic N) is 5. The SMILES string of the molecule is COc1cc(/C=N\n2c(-n3nc(C)cc3C)n[nH]c2=S)cc(Cl)c1OC. The third-order valence-electron chi connectivity index (χ3n) is 3.61. The van der Waals surface area contributed by atoms with Gasteiger partial charge in [0.25, 0.3) is 5.95 Å². The molecule has 1 aromatic carbocycles. The zero-order chi connectivity index (χ0) is 18.8. The predicted molar refractivity (Wildman–Crippen MR) is 102 cm³/mol. The number of H-pyrrole nitrogens is 1. The molecule has 26 heavy (non-hydrogen) atoms. The first-order chi connectivity index (χ1) is 12.4. The Balaban J connectivity index is 2.03. The number of benzene rings is 1. The van der Waals surface area contributed by atoms with Gasteiger partial charge >= 0.3 is 0 Å². The number of rotatable bonds is 5. The maximum atomic E-state index is 6.23. The number of aromatic amines is 1. The monoisotopic (exact) mass is 392 g/mol. The van der Waals surface area contributed by atoms with Gasteiger partial charge in [0.05, 0.1) is 31.2 Å². The molecule has 0 spiro atoms. The third-order valence-corrected chi connectivity index (χ3v) is 4.16. The van der Waals surface area contributed by atoms with E-state index in [0.717, 1.165) is 17.0 Å². The Morgan fingerprint density at radius 2 is 2.00 bits per heavy atom. The van der Waals surface area contributed by atoms with Crippen LogP contribution in [0.15, 0.2) is 23.3 Å². The van der Waals surface area contributed by atoms with Gasteiger partial charge in [0.2, 0.25) is 4.77 Å². The lowest BCUT2D eigenvalue weighted by atomic mass is 10.2. The summed E-state index contributed by atoms with van der Waals surface area (Å²) in [6.45, 7) is 3.84. The summed E-state index contributed by atoms with van der Waals surface area (Å²) in [5.74, 6) is 1.44. The molecule has 8 nitrogen and oxygen atoms in total. The largest absolute Gasteiger partial charge is 0.493 e. The molecule has 0 aliphatic rings. The molecule has 0 aliphatic carbocycles. The van der Waals surface area contributed by atoms with Crippen LogP contribution in [0.3, 0.4) is 0 Å². The van der Waals surface area contributed by atoms with Crippen LogP contribution < -0.4 is 9.47 Å². The van der Waals surface area contributed by atoms with Crippen molar-refractivity contribution in [1.29, 1.82) is 0 Å². The molecule has 0 atom stereocenters. The van der Waals surface area contributed by atoms with Crippen molar-refractivity contribution in [3.05, 3.63) is 44.9 Å². The van der Waals surface area contributed by atoms with Gasteiger partial charge in [0, 0.05) is 5.69 Å². The van der Waals surface area contributed by atoms with Crippen molar-refractivity contribution in [3.8, 4) is 17.4 Å². The van der Waals surface area contributed by atoms with Gasteiger partial charge in [-0.1, -0.05) is 11.6 Å². The first kappa shape index (κ1) is 18.2. The highest BCUT2D eigenvalue weighted by Gasteiger charge is 2.13. The van der Waals surface area contributed by atoms with Gasteiger partial charge in [0.15, 0.2) is 11.5 Å². The van der Waals surface area contributed by atoms with Crippen molar-refractivity contribution in [2.45, 2.75) is 13.8 Å². The second-order valence-corrected chi connectivity index (χ2v) is 6.26. The third kappa shape index (κ3) is 3.35. The molecule has 0 saturated carbocycles. The van der Waals surface area contributed by atoms with Gasteiger partial charge in [0.1, 0.15) is 0 Å². The molecule has 0 fully saturated rings. The zero-order valence-electron chi connectivity index (χ0n) is 14.6. The van der Waals surface area contributed by atoms with Gasteiger partial charge in [-0.2, -0.15) is 14.9 Å². The van der Waals surface area contributed by atoms with E-state index in [9.17, 15) is 0 Å². The van der Waals surface area contributed by atoms with Crippen molar-refractivity contribution in [2.24, 2.45) is 5.10 Å². The average molecular weight is 393 g/mol. The smallest absolute Gasteiger partial charge is 0.271 e. The molecule has 0 aliphatic heterocycles. The molecule has 0 unspecified atom stereocenters. The first-order valence-electron chi connectivity index (χ1n) is 7.61. The Labute approximate surface area is 160 Å². The Bertz CT molecular complexity index is 1040. The Morgan fingerprint density at radius 1 is 1.23 bits per heavy atom. The normalized spacial score (nSPS) is 11.3. The van der Waals surface area contributed by atoms with Crippen LogP contribution in [0.5, 0.6) is 11.5 Å². The average Bonchev–Trinajstić information content (AvgIpc) is 3.13. The molecule has 0 saturated heterocycles. The van der Waals surface area contributed by atoms with E-state index in [1.807, 2.05) is 19.9 Å². The fourth-order valence-corrected chi connectivity index (χ4v) is 2.96. The number of nitrogens with one attached hydrogen (secondary N) is 1. The number of aromatic nitrogens is 5. The van der Waals surface area contributed by atoms with Crippen LogP contribution in [0.2, 0.25) is 5.02 Å². The molecule has 0 radical (unpaired) electrons. The van der Waals surface area contributed by atoms with Gasteiger partial charge in [-0.3, -0.25) is 0 Å². The first-order valence-corrected chi connectivity index (χ1v) is 8.40. The van der Waals surface area contributed by atoms with Gasteiger partial charge < -0.3 is 9.47 Å². The summed E-state index contributed by atoms with van der Waals surface area (Å²) in [5.41, 5.74) is 2.51. The topological polar surface area (TPSA) is 82.3 Å². The lowest BCUT2D eigenvalue weighted by Gasteiger charge is -2.10. The van der Waals surface area contributed by atoms with E-state index in [-0.39, 0.29) is 0 Å². The highest BCUT2D eigenvalue weighted by atomic mass is 35.5. The van der Waals surface area contributed by atoms with Crippen LogP contribution in [0.4, 0.5) is 0 Å². The van der Waals surface area contributed by atoms with Gasteiger partial charge in [-0.05, 0) is 49.8 Å². The number of ether oxygens (including phenoxy) is 2. The van der Waals surface area contributed by atoms with Crippen molar-refractivity contribution >= 4 is 30.0 Å². The molecule has 10 heteroatoms. The van der Waals surface area contributed by atoms with E-state index < -0.39 is 0 Å². The van der Waals surface area contributed by atoms with Crippen LogP contribution in [-0.4, -0.2) is 45.1 Å². The fraction of sp³-hybridized carbons (Fsp3) is 0.250. The Hall–Kier alpha value is -2.65. The van der Waals surface area contributed by atoms with Crippen LogP contribution in [-0.2, 0) is 0 Å². The number of aryl methyl sites for hydroxylation is 2. The molecule has 3 aromatic rings. The molecule has 136 valence electrons. The molecular formula is C16H17ClN6O2S. The molecule has 0 amide bonds. The van der Waals surface area contributed by atoms with E-state index in [1.165, 1.54) is 11.8 Å². The quantitative estimate of drug-likeness (QED) is 0.532. The zero-order valence-corrected chi connectivity index (χ0v) is 16.2. The summed E-state index contributed by atoms with van der Waals surface area (Å²) in [6.07, 6.45) is 1.61. The maximum absolute atomic E-state index is 6.23. The molecule has 2 heterocycles. The number of halogens is 1.